The van der Waals surface area contributed by atoms with Gasteiger partial charge in [-0.1, -0.05) is 41.9 Å². The monoisotopic (exact) mass is 451 g/mol. The first-order valence-electron chi connectivity index (χ1n) is 10.5. The van der Waals surface area contributed by atoms with E-state index in [0.717, 1.165) is 28.7 Å². The number of carbonyl (C=O) groups excluding carboxylic acids is 1. The van der Waals surface area contributed by atoms with Crippen molar-refractivity contribution in [1.29, 1.82) is 0 Å². The van der Waals surface area contributed by atoms with Crippen LogP contribution in [0.15, 0.2) is 60.7 Å². The van der Waals surface area contributed by atoms with Crippen LogP contribution in [0.4, 0.5) is 0 Å². The highest BCUT2D eigenvalue weighted by Crippen LogP contribution is 2.41. The van der Waals surface area contributed by atoms with Crippen LogP contribution in [0.25, 0.3) is 0 Å². The Hall–Kier alpha value is -3.18. The van der Waals surface area contributed by atoms with E-state index in [0.29, 0.717) is 28.8 Å². The van der Waals surface area contributed by atoms with Crippen LogP contribution in [-0.2, 0) is 11.2 Å². The topological polar surface area (TPSA) is 48.0 Å². The van der Waals surface area contributed by atoms with Gasteiger partial charge in [-0.2, -0.15) is 0 Å². The van der Waals surface area contributed by atoms with Crippen molar-refractivity contribution in [2.75, 3.05) is 27.4 Å². The molecule has 3 aromatic carbocycles. The molecule has 1 aliphatic heterocycles. The van der Waals surface area contributed by atoms with Gasteiger partial charge in [0.25, 0.3) is 5.91 Å². The van der Waals surface area contributed by atoms with Gasteiger partial charge in [0, 0.05) is 11.6 Å². The molecule has 1 atom stereocenters. The highest BCUT2D eigenvalue weighted by atomic mass is 35.5. The van der Waals surface area contributed by atoms with E-state index in [4.69, 9.17) is 25.8 Å². The molecular formula is C26H26ClNO4. The summed E-state index contributed by atoms with van der Waals surface area (Å²) in [6.07, 6.45) is 0.727. The molecule has 1 amide bonds. The van der Waals surface area contributed by atoms with Gasteiger partial charge in [-0.3, -0.25) is 4.79 Å². The molecule has 1 aliphatic rings. The van der Waals surface area contributed by atoms with E-state index < -0.39 is 0 Å². The lowest BCUT2D eigenvalue weighted by Crippen LogP contribution is -2.43. The number of ether oxygens (including phenoxy) is 3. The molecule has 0 bridgehead atoms. The third kappa shape index (κ3) is 4.39. The first kappa shape index (κ1) is 22.0. The fraction of sp³-hybridized carbons (Fsp3) is 0.269. The van der Waals surface area contributed by atoms with Gasteiger partial charge in [-0.05, 0) is 65.9 Å². The second-order valence-corrected chi connectivity index (χ2v) is 8.16. The van der Waals surface area contributed by atoms with E-state index in [1.165, 1.54) is 0 Å². The fourth-order valence-electron chi connectivity index (χ4n) is 4.14. The van der Waals surface area contributed by atoms with Gasteiger partial charge in [0.05, 0.1) is 20.3 Å². The second-order valence-electron chi connectivity index (χ2n) is 7.76. The molecule has 1 unspecified atom stereocenters. The number of methoxy groups -OCH3 is 2. The van der Waals surface area contributed by atoms with E-state index in [1.807, 2.05) is 60.4 Å². The average molecular weight is 452 g/mol. The first-order chi connectivity index (χ1) is 15.5. The predicted molar refractivity (Wildman–Crippen MR) is 125 cm³/mol. The zero-order chi connectivity index (χ0) is 22.7. The number of fused-ring (bicyclic) bond motifs is 1. The van der Waals surface area contributed by atoms with Gasteiger partial charge >= 0.3 is 0 Å². The predicted octanol–water partition coefficient (Wildman–Crippen LogP) is 5.22. The van der Waals surface area contributed by atoms with Crippen molar-refractivity contribution in [2.24, 2.45) is 0 Å². The highest BCUT2D eigenvalue weighted by Gasteiger charge is 2.33. The van der Waals surface area contributed by atoms with E-state index in [1.54, 1.807) is 26.4 Å². The van der Waals surface area contributed by atoms with Crippen molar-refractivity contribution in [3.8, 4) is 17.2 Å². The first-order valence-corrected chi connectivity index (χ1v) is 10.9. The summed E-state index contributed by atoms with van der Waals surface area (Å²) in [5.41, 5.74) is 4.13. The van der Waals surface area contributed by atoms with Crippen molar-refractivity contribution in [3.63, 3.8) is 0 Å². The zero-order valence-electron chi connectivity index (χ0n) is 18.4. The van der Waals surface area contributed by atoms with Crippen molar-refractivity contribution < 1.29 is 19.0 Å². The van der Waals surface area contributed by atoms with Gasteiger partial charge in [-0.25, -0.2) is 0 Å². The number of hydrogen-bond donors (Lipinski definition) is 0. The Balaban J connectivity index is 1.65. The van der Waals surface area contributed by atoms with Crippen molar-refractivity contribution in [3.05, 3.63) is 87.9 Å². The molecule has 4 rings (SSSR count). The molecule has 0 radical (unpaired) electrons. The standard InChI is InChI=1S/C26H26ClNO4/c1-17-13-20(9-10-22(17)27)32-16-25(29)28-12-11-19-14-23(30-2)24(31-3)15-21(19)26(28)18-7-5-4-6-8-18/h4-10,13-15,26H,11-12,16H2,1-3H3. The number of halogens is 1. The summed E-state index contributed by atoms with van der Waals surface area (Å²) < 4.78 is 16.8. The molecule has 166 valence electrons. The average Bonchev–Trinajstić information content (AvgIpc) is 2.83. The molecule has 3 aromatic rings. The molecule has 0 aromatic heterocycles. The Kier molecular flexibility index (Phi) is 6.56. The summed E-state index contributed by atoms with van der Waals surface area (Å²) in [6, 6.07) is 19.2. The molecule has 0 aliphatic carbocycles. The largest absolute Gasteiger partial charge is 0.493 e. The Morgan fingerprint density at radius 2 is 1.75 bits per heavy atom. The highest BCUT2D eigenvalue weighted by molar-refractivity contribution is 6.31. The normalized spacial score (nSPS) is 15.1. The van der Waals surface area contributed by atoms with Crippen molar-refractivity contribution in [1.82, 2.24) is 4.90 Å². The van der Waals surface area contributed by atoms with Crippen LogP contribution < -0.4 is 14.2 Å². The lowest BCUT2D eigenvalue weighted by Gasteiger charge is -2.38. The van der Waals surface area contributed by atoms with Gasteiger partial charge in [-0.15, -0.1) is 0 Å². The summed E-state index contributed by atoms with van der Waals surface area (Å²) in [4.78, 5) is 15.2. The van der Waals surface area contributed by atoms with E-state index in [2.05, 4.69) is 0 Å². The lowest BCUT2D eigenvalue weighted by molar-refractivity contribution is -0.135. The van der Waals surface area contributed by atoms with Gasteiger partial charge in [0.2, 0.25) is 0 Å². The van der Waals surface area contributed by atoms with Crippen LogP contribution in [0.2, 0.25) is 5.02 Å². The summed E-state index contributed by atoms with van der Waals surface area (Å²) in [6.45, 7) is 2.45. The molecule has 0 N–H and O–H groups in total. The summed E-state index contributed by atoms with van der Waals surface area (Å²) >= 11 is 6.10. The summed E-state index contributed by atoms with van der Waals surface area (Å²) in [5, 5.41) is 0.671. The van der Waals surface area contributed by atoms with Crippen LogP contribution in [0.1, 0.15) is 28.3 Å². The second kappa shape index (κ2) is 9.53. The fourth-order valence-corrected chi connectivity index (χ4v) is 4.26. The minimum absolute atomic E-state index is 0.0486. The number of benzene rings is 3. The maximum atomic E-state index is 13.3. The van der Waals surface area contributed by atoms with E-state index in [-0.39, 0.29) is 18.6 Å². The van der Waals surface area contributed by atoms with Gasteiger partial charge in [0.15, 0.2) is 18.1 Å². The third-order valence-corrected chi connectivity index (χ3v) is 6.23. The molecule has 0 saturated heterocycles. The zero-order valence-corrected chi connectivity index (χ0v) is 19.2. The lowest BCUT2D eigenvalue weighted by atomic mass is 9.87. The van der Waals surface area contributed by atoms with Gasteiger partial charge < -0.3 is 19.1 Å². The third-order valence-electron chi connectivity index (χ3n) is 5.80. The van der Waals surface area contributed by atoms with Crippen LogP contribution in [0, 0.1) is 6.92 Å². The molecule has 1 heterocycles. The number of rotatable bonds is 6. The van der Waals surface area contributed by atoms with Crippen molar-refractivity contribution in [2.45, 2.75) is 19.4 Å². The minimum atomic E-state index is -0.234. The van der Waals surface area contributed by atoms with Crippen LogP contribution in [-0.4, -0.2) is 38.2 Å². The Labute approximate surface area is 193 Å². The quantitative estimate of drug-likeness (QED) is 0.515. The number of carbonyl (C=O) groups is 1. The van der Waals surface area contributed by atoms with Crippen LogP contribution in [0.5, 0.6) is 17.2 Å². The summed E-state index contributed by atoms with van der Waals surface area (Å²) in [7, 11) is 3.25. The Morgan fingerprint density at radius 3 is 2.44 bits per heavy atom. The smallest absolute Gasteiger partial charge is 0.261 e. The maximum Gasteiger partial charge on any atom is 0.261 e. The molecule has 32 heavy (non-hydrogen) atoms. The Bertz CT molecular complexity index is 1120. The molecule has 0 saturated carbocycles. The number of nitrogens with zero attached hydrogens (tertiary/aromatic N) is 1. The minimum Gasteiger partial charge on any atom is -0.493 e. The summed E-state index contributed by atoms with van der Waals surface area (Å²) in [5.74, 6) is 1.89. The molecule has 6 heteroatoms. The molecular weight excluding hydrogens is 426 g/mol. The van der Waals surface area contributed by atoms with Crippen LogP contribution in [0.3, 0.4) is 0 Å². The molecule has 0 spiro atoms. The van der Waals surface area contributed by atoms with E-state index >= 15 is 0 Å². The van der Waals surface area contributed by atoms with Crippen LogP contribution >= 0.6 is 11.6 Å². The Morgan fingerprint density at radius 1 is 1.03 bits per heavy atom. The van der Waals surface area contributed by atoms with Crippen molar-refractivity contribution >= 4 is 17.5 Å². The molecule has 0 fully saturated rings. The molecule has 5 nitrogen and oxygen atoms in total. The number of hydrogen-bond acceptors (Lipinski definition) is 4. The number of aryl methyl sites for hydroxylation is 1. The van der Waals surface area contributed by atoms with E-state index in [9.17, 15) is 4.79 Å². The number of amides is 1. The maximum absolute atomic E-state index is 13.3. The van der Waals surface area contributed by atoms with Gasteiger partial charge in [0.1, 0.15) is 5.75 Å². The SMILES string of the molecule is COc1cc2c(cc1OC)C(c1ccccc1)N(C(=O)COc1ccc(Cl)c(C)c1)CC2.